The van der Waals surface area contributed by atoms with Crippen LogP contribution in [0.25, 0.3) is 0 Å². The molecule has 1 aliphatic rings. The fourth-order valence-electron chi connectivity index (χ4n) is 0.952. The van der Waals surface area contributed by atoms with Crippen LogP contribution in [-0.4, -0.2) is 16.0 Å². The van der Waals surface area contributed by atoms with Crippen LogP contribution in [0, 0.1) is 0 Å². The Kier molecular flexibility index (Phi) is 1.79. The highest BCUT2D eigenvalue weighted by atomic mass is 15.3. The Labute approximate surface area is 70.4 Å². The summed E-state index contributed by atoms with van der Waals surface area (Å²) in [5.41, 5.74) is 2.47. The molecule has 1 aliphatic carbocycles. The third-order valence-corrected chi connectivity index (χ3v) is 1.74. The van der Waals surface area contributed by atoms with E-state index in [1.165, 1.54) is 19.2 Å². The SMILES string of the molecule is NNc1cc(NC2CC2)ncn1. The van der Waals surface area contributed by atoms with Crippen molar-refractivity contribution in [3.8, 4) is 0 Å². The number of nitrogens with two attached hydrogens (primary N) is 1. The Morgan fingerprint density at radius 3 is 2.75 bits per heavy atom. The van der Waals surface area contributed by atoms with E-state index in [4.69, 9.17) is 5.84 Å². The lowest BCUT2D eigenvalue weighted by molar-refractivity contribution is 1.07. The standard InChI is InChI=1S/C7H11N5/c8-12-7-3-6(9-4-10-7)11-5-1-2-5/h3-5H,1-2,8H2,(H2,9,10,11,12). The van der Waals surface area contributed by atoms with Crippen molar-refractivity contribution in [3.05, 3.63) is 12.4 Å². The Morgan fingerprint density at radius 1 is 1.33 bits per heavy atom. The average Bonchev–Trinajstić information content (AvgIpc) is 2.89. The summed E-state index contributed by atoms with van der Waals surface area (Å²) in [6, 6.07) is 2.39. The maximum absolute atomic E-state index is 5.20. The van der Waals surface area contributed by atoms with Gasteiger partial charge in [-0.05, 0) is 12.8 Å². The van der Waals surface area contributed by atoms with Gasteiger partial charge in [0, 0.05) is 12.1 Å². The van der Waals surface area contributed by atoms with E-state index in [2.05, 4.69) is 20.7 Å². The summed E-state index contributed by atoms with van der Waals surface area (Å²) in [5.74, 6) is 6.66. The maximum Gasteiger partial charge on any atom is 0.145 e. The number of hydrazine groups is 1. The first-order chi connectivity index (χ1) is 5.88. The second-order valence-electron chi connectivity index (χ2n) is 2.85. The second-order valence-corrected chi connectivity index (χ2v) is 2.85. The van der Waals surface area contributed by atoms with Crippen LogP contribution in [-0.2, 0) is 0 Å². The topological polar surface area (TPSA) is 75.9 Å². The van der Waals surface area contributed by atoms with E-state index in [0.717, 1.165) is 5.82 Å². The first-order valence-corrected chi connectivity index (χ1v) is 3.93. The van der Waals surface area contributed by atoms with Crippen molar-refractivity contribution in [1.82, 2.24) is 9.97 Å². The van der Waals surface area contributed by atoms with Gasteiger partial charge in [0.1, 0.15) is 18.0 Å². The zero-order valence-corrected chi connectivity index (χ0v) is 6.62. The van der Waals surface area contributed by atoms with Gasteiger partial charge in [-0.2, -0.15) is 0 Å². The van der Waals surface area contributed by atoms with Gasteiger partial charge in [-0.15, -0.1) is 0 Å². The summed E-state index contributed by atoms with van der Waals surface area (Å²) >= 11 is 0. The number of nitrogen functional groups attached to an aromatic ring is 1. The molecule has 5 heteroatoms. The van der Waals surface area contributed by atoms with Crippen molar-refractivity contribution in [1.29, 1.82) is 0 Å². The Hall–Kier alpha value is -1.36. The highest BCUT2D eigenvalue weighted by Gasteiger charge is 2.21. The second kappa shape index (κ2) is 2.94. The molecule has 0 bridgehead atoms. The molecule has 1 fully saturated rings. The summed E-state index contributed by atoms with van der Waals surface area (Å²) in [6.07, 6.45) is 3.95. The zero-order chi connectivity index (χ0) is 8.39. The summed E-state index contributed by atoms with van der Waals surface area (Å²) in [5, 5.41) is 3.24. The van der Waals surface area contributed by atoms with E-state index in [0.29, 0.717) is 11.9 Å². The van der Waals surface area contributed by atoms with E-state index in [9.17, 15) is 0 Å². The molecule has 0 amide bonds. The molecule has 2 rings (SSSR count). The predicted octanol–water partition coefficient (Wildman–Crippen LogP) is 0.336. The smallest absolute Gasteiger partial charge is 0.145 e. The monoisotopic (exact) mass is 165 g/mol. The van der Waals surface area contributed by atoms with E-state index in [-0.39, 0.29) is 0 Å². The molecule has 0 unspecified atom stereocenters. The molecule has 1 aromatic rings. The van der Waals surface area contributed by atoms with Gasteiger partial charge in [-0.25, -0.2) is 15.8 Å². The number of hydrogen-bond donors (Lipinski definition) is 3. The van der Waals surface area contributed by atoms with Crippen molar-refractivity contribution in [2.75, 3.05) is 10.7 Å². The van der Waals surface area contributed by atoms with Crippen LogP contribution in [0.5, 0.6) is 0 Å². The lowest BCUT2D eigenvalue weighted by Crippen LogP contribution is -2.10. The zero-order valence-electron chi connectivity index (χ0n) is 6.62. The van der Waals surface area contributed by atoms with Crippen LogP contribution < -0.4 is 16.6 Å². The summed E-state index contributed by atoms with van der Waals surface area (Å²) in [7, 11) is 0. The fourth-order valence-corrected chi connectivity index (χ4v) is 0.952. The van der Waals surface area contributed by atoms with E-state index in [1.807, 2.05) is 0 Å². The minimum absolute atomic E-state index is 0.602. The summed E-state index contributed by atoms with van der Waals surface area (Å²) in [4.78, 5) is 7.95. The van der Waals surface area contributed by atoms with Gasteiger partial charge in [-0.3, -0.25) is 0 Å². The highest BCUT2D eigenvalue weighted by molar-refractivity contribution is 5.46. The first-order valence-electron chi connectivity index (χ1n) is 3.93. The van der Waals surface area contributed by atoms with Crippen molar-refractivity contribution < 1.29 is 0 Å². The molecule has 1 saturated carbocycles. The summed E-state index contributed by atoms with van der Waals surface area (Å²) < 4.78 is 0. The van der Waals surface area contributed by atoms with E-state index in [1.54, 1.807) is 6.07 Å². The van der Waals surface area contributed by atoms with Gasteiger partial charge in [-0.1, -0.05) is 0 Å². The van der Waals surface area contributed by atoms with Gasteiger partial charge >= 0.3 is 0 Å². The molecular weight excluding hydrogens is 154 g/mol. The molecule has 0 saturated heterocycles. The molecule has 5 nitrogen and oxygen atoms in total. The minimum Gasteiger partial charge on any atom is -0.367 e. The molecule has 12 heavy (non-hydrogen) atoms. The van der Waals surface area contributed by atoms with Gasteiger partial charge in [0.05, 0.1) is 0 Å². The van der Waals surface area contributed by atoms with Crippen LogP contribution in [0.4, 0.5) is 11.6 Å². The van der Waals surface area contributed by atoms with Crippen LogP contribution in [0.3, 0.4) is 0 Å². The largest absolute Gasteiger partial charge is 0.367 e. The molecular formula is C7H11N5. The Balaban J connectivity index is 2.08. The van der Waals surface area contributed by atoms with Gasteiger partial charge in [0.2, 0.25) is 0 Å². The Bertz CT molecular complexity index is 270. The molecule has 0 aliphatic heterocycles. The highest BCUT2D eigenvalue weighted by Crippen LogP contribution is 2.23. The molecule has 0 radical (unpaired) electrons. The number of nitrogens with zero attached hydrogens (tertiary/aromatic N) is 2. The first kappa shape index (κ1) is 7.30. The molecule has 1 heterocycles. The van der Waals surface area contributed by atoms with Crippen molar-refractivity contribution in [3.63, 3.8) is 0 Å². The molecule has 4 N–H and O–H groups in total. The lowest BCUT2D eigenvalue weighted by Gasteiger charge is -2.03. The number of aromatic nitrogens is 2. The van der Waals surface area contributed by atoms with Crippen LogP contribution in [0.15, 0.2) is 12.4 Å². The van der Waals surface area contributed by atoms with Crippen molar-refractivity contribution in [2.45, 2.75) is 18.9 Å². The average molecular weight is 165 g/mol. The fraction of sp³-hybridized carbons (Fsp3) is 0.429. The number of rotatable bonds is 3. The normalized spacial score (nSPS) is 15.8. The molecule has 0 spiro atoms. The number of anilines is 2. The molecule has 1 aromatic heterocycles. The summed E-state index contributed by atoms with van der Waals surface area (Å²) in [6.45, 7) is 0. The lowest BCUT2D eigenvalue weighted by atomic mass is 10.5. The van der Waals surface area contributed by atoms with Crippen molar-refractivity contribution >= 4 is 11.6 Å². The molecule has 0 atom stereocenters. The van der Waals surface area contributed by atoms with E-state index < -0.39 is 0 Å². The molecule has 0 aromatic carbocycles. The third kappa shape index (κ3) is 1.62. The minimum atomic E-state index is 0.602. The predicted molar refractivity (Wildman–Crippen MR) is 46.5 cm³/mol. The van der Waals surface area contributed by atoms with Gasteiger partial charge in [0.25, 0.3) is 0 Å². The third-order valence-electron chi connectivity index (χ3n) is 1.74. The van der Waals surface area contributed by atoms with Gasteiger partial charge < -0.3 is 10.7 Å². The van der Waals surface area contributed by atoms with Crippen LogP contribution >= 0.6 is 0 Å². The van der Waals surface area contributed by atoms with Crippen molar-refractivity contribution in [2.24, 2.45) is 5.84 Å². The molecule has 64 valence electrons. The van der Waals surface area contributed by atoms with Gasteiger partial charge in [0.15, 0.2) is 0 Å². The number of hydrogen-bond acceptors (Lipinski definition) is 5. The number of nitrogens with one attached hydrogen (secondary N) is 2. The van der Waals surface area contributed by atoms with E-state index >= 15 is 0 Å². The maximum atomic E-state index is 5.20. The van der Waals surface area contributed by atoms with Crippen LogP contribution in [0.1, 0.15) is 12.8 Å². The Morgan fingerprint density at radius 2 is 2.08 bits per heavy atom. The van der Waals surface area contributed by atoms with Crippen LogP contribution in [0.2, 0.25) is 0 Å². The quantitative estimate of drug-likeness (QED) is 0.444.